The molecular weight excluding hydrogens is 304 g/mol. The second-order valence-corrected chi connectivity index (χ2v) is 6.37. The molecule has 0 saturated carbocycles. The third-order valence-electron chi connectivity index (χ3n) is 2.79. The van der Waals surface area contributed by atoms with Crippen LogP contribution in [0.15, 0.2) is 34.0 Å². The van der Waals surface area contributed by atoms with E-state index in [1.165, 1.54) is 23.3 Å². The predicted molar refractivity (Wildman–Crippen MR) is 82.3 cm³/mol. The van der Waals surface area contributed by atoms with Crippen molar-refractivity contribution in [3.63, 3.8) is 0 Å². The summed E-state index contributed by atoms with van der Waals surface area (Å²) in [4.78, 5) is 8.41. The normalized spacial score (nSPS) is 11.0. The van der Waals surface area contributed by atoms with Crippen molar-refractivity contribution in [2.75, 3.05) is 0 Å². The summed E-state index contributed by atoms with van der Waals surface area (Å²) in [5.41, 5.74) is 1.02. The maximum absolute atomic E-state index is 4.37. The molecule has 0 amide bonds. The van der Waals surface area contributed by atoms with Crippen molar-refractivity contribution >= 4 is 23.3 Å². The first-order valence-corrected chi connectivity index (χ1v) is 8.18. The van der Waals surface area contributed by atoms with Crippen LogP contribution in [0.3, 0.4) is 0 Å². The number of hydrogen-bond donors (Lipinski definition) is 0. The SMILES string of the molecule is CCCn1c(Sc2nc(C)ns2)nnc1-c1ccncc1. The summed E-state index contributed by atoms with van der Waals surface area (Å²) in [5.74, 6) is 1.65. The lowest BCUT2D eigenvalue weighted by molar-refractivity contribution is 0.626. The molecule has 0 N–H and O–H groups in total. The molecule has 0 fully saturated rings. The van der Waals surface area contributed by atoms with Gasteiger partial charge < -0.3 is 4.57 Å². The molecule has 0 spiro atoms. The molecule has 0 aliphatic heterocycles. The molecule has 0 unspecified atom stereocenters. The van der Waals surface area contributed by atoms with Gasteiger partial charge in [-0.15, -0.1) is 10.2 Å². The van der Waals surface area contributed by atoms with Crippen LogP contribution in [0, 0.1) is 6.92 Å². The third-order valence-corrected chi connectivity index (χ3v) is 4.62. The minimum absolute atomic E-state index is 0.790. The molecule has 6 nitrogen and oxygen atoms in total. The molecule has 0 saturated heterocycles. The number of nitrogens with zero attached hydrogens (tertiary/aromatic N) is 6. The van der Waals surface area contributed by atoms with Gasteiger partial charge in [0.1, 0.15) is 5.82 Å². The minimum Gasteiger partial charge on any atom is -0.302 e. The van der Waals surface area contributed by atoms with E-state index in [1.807, 2.05) is 19.1 Å². The van der Waals surface area contributed by atoms with Crippen molar-refractivity contribution in [1.29, 1.82) is 0 Å². The largest absolute Gasteiger partial charge is 0.302 e. The zero-order chi connectivity index (χ0) is 14.7. The Morgan fingerprint density at radius 2 is 2.05 bits per heavy atom. The molecule has 0 aliphatic rings. The second kappa shape index (κ2) is 6.31. The van der Waals surface area contributed by atoms with E-state index in [2.05, 4.69) is 36.0 Å². The highest BCUT2D eigenvalue weighted by Gasteiger charge is 2.15. The molecular formula is C13H14N6S2. The van der Waals surface area contributed by atoms with E-state index < -0.39 is 0 Å². The van der Waals surface area contributed by atoms with Crippen LogP contribution in [-0.2, 0) is 6.54 Å². The van der Waals surface area contributed by atoms with E-state index in [4.69, 9.17) is 0 Å². The van der Waals surface area contributed by atoms with Gasteiger partial charge >= 0.3 is 0 Å². The highest BCUT2D eigenvalue weighted by molar-refractivity contribution is 8.00. The monoisotopic (exact) mass is 318 g/mol. The van der Waals surface area contributed by atoms with Crippen molar-refractivity contribution in [2.45, 2.75) is 36.3 Å². The van der Waals surface area contributed by atoms with Crippen molar-refractivity contribution < 1.29 is 0 Å². The lowest BCUT2D eigenvalue weighted by Gasteiger charge is -2.07. The van der Waals surface area contributed by atoms with Gasteiger partial charge in [-0.1, -0.05) is 6.92 Å². The Labute approximate surface area is 130 Å². The summed E-state index contributed by atoms with van der Waals surface area (Å²) in [7, 11) is 0. The van der Waals surface area contributed by atoms with E-state index in [9.17, 15) is 0 Å². The third kappa shape index (κ3) is 3.11. The van der Waals surface area contributed by atoms with Gasteiger partial charge in [0.2, 0.25) is 0 Å². The molecule has 108 valence electrons. The zero-order valence-corrected chi connectivity index (χ0v) is 13.4. The summed E-state index contributed by atoms with van der Waals surface area (Å²) in [6, 6.07) is 3.89. The van der Waals surface area contributed by atoms with Crippen LogP contribution in [0.4, 0.5) is 0 Å². The van der Waals surface area contributed by atoms with Crippen LogP contribution in [0.25, 0.3) is 11.4 Å². The second-order valence-electron chi connectivity index (χ2n) is 4.40. The molecule has 8 heteroatoms. The van der Waals surface area contributed by atoms with E-state index >= 15 is 0 Å². The van der Waals surface area contributed by atoms with E-state index in [-0.39, 0.29) is 0 Å². The maximum Gasteiger partial charge on any atom is 0.198 e. The predicted octanol–water partition coefficient (Wildman–Crippen LogP) is 3.06. The maximum atomic E-state index is 4.37. The summed E-state index contributed by atoms with van der Waals surface area (Å²) >= 11 is 2.90. The summed E-state index contributed by atoms with van der Waals surface area (Å²) < 4.78 is 7.21. The van der Waals surface area contributed by atoms with E-state index in [1.54, 1.807) is 12.4 Å². The Bertz CT molecular complexity index is 721. The molecule has 3 heterocycles. The molecule has 21 heavy (non-hydrogen) atoms. The lowest BCUT2D eigenvalue weighted by atomic mass is 10.2. The quantitative estimate of drug-likeness (QED) is 0.720. The summed E-state index contributed by atoms with van der Waals surface area (Å²) in [5, 5.41) is 9.49. The van der Waals surface area contributed by atoms with Crippen LogP contribution < -0.4 is 0 Å². The number of hydrogen-bond acceptors (Lipinski definition) is 7. The van der Waals surface area contributed by atoms with Crippen LogP contribution in [-0.4, -0.2) is 29.1 Å². The van der Waals surface area contributed by atoms with Gasteiger partial charge in [-0.05, 0) is 48.8 Å². The summed E-state index contributed by atoms with van der Waals surface area (Å²) in [6.45, 7) is 4.89. The number of rotatable bonds is 5. The summed E-state index contributed by atoms with van der Waals surface area (Å²) in [6.07, 6.45) is 4.54. The van der Waals surface area contributed by atoms with E-state index in [0.29, 0.717) is 0 Å². The fourth-order valence-electron chi connectivity index (χ4n) is 1.90. The number of aromatic nitrogens is 6. The zero-order valence-electron chi connectivity index (χ0n) is 11.7. The molecule has 0 aliphatic carbocycles. The fourth-order valence-corrected chi connectivity index (χ4v) is 3.51. The van der Waals surface area contributed by atoms with Crippen LogP contribution in [0.2, 0.25) is 0 Å². The van der Waals surface area contributed by atoms with Crippen molar-refractivity contribution in [3.8, 4) is 11.4 Å². The molecule has 3 rings (SSSR count). The topological polar surface area (TPSA) is 69.4 Å². The molecule has 3 aromatic rings. The van der Waals surface area contributed by atoms with Gasteiger partial charge in [0.25, 0.3) is 0 Å². The van der Waals surface area contributed by atoms with Crippen molar-refractivity contribution in [2.24, 2.45) is 0 Å². The van der Waals surface area contributed by atoms with Gasteiger partial charge in [-0.3, -0.25) is 4.98 Å². The first-order valence-electron chi connectivity index (χ1n) is 6.59. The number of aryl methyl sites for hydroxylation is 1. The smallest absolute Gasteiger partial charge is 0.198 e. The highest BCUT2D eigenvalue weighted by atomic mass is 32.2. The standard InChI is InChI=1S/C13H14N6S2/c1-3-8-19-11(10-4-6-14-7-5-10)16-17-12(19)20-13-15-9(2)18-21-13/h4-7H,3,8H2,1-2H3. The molecule has 0 radical (unpaired) electrons. The van der Waals surface area contributed by atoms with Crippen molar-refractivity contribution in [1.82, 2.24) is 29.1 Å². The number of pyridine rings is 1. The van der Waals surface area contributed by atoms with E-state index in [0.717, 1.165) is 39.7 Å². The van der Waals surface area contributed by atoms with Gasteiger partial charge in [0, 0.05) is 24.5 Å². The van der Waals surface area contributed by atoms with Crippen LogP contribution in [0.1, 0.15) is 19.2 Å². The van der Waals surface area contributed by atoms with Gasteiger partial charge in [0.15, 0.2) is 15.3 Å². The first-order chi connectivity index (χ1) is 10.3. The molecule has 3 aromatic heterocycles. The van der Waals surface area contributed by atoms with Gasteiger partial charge in [-0.2, -0.15) is 4.37 Å². The minimum atomic E-state index is 0.790. The van der Waals surface area contributed by atoms with Crippen LogP contribution >= 0.6 is 23.3 Å². The Morgan fingerprint density at radius 3 is 2.71 bits per heavy atom. The molecule has 0 aromatic carbocycles. The molecule has 0 atom stereocenters. The Morgan fingerprint density at radius 1 is 1.24 bits per heavy atom. The Kier molecular flexibility index (Phi) is 4.26. The Balaban J connectivity index is 1.96. The fraction of sp³-hybridized carbons (Fsp3) is 0.308. The molecule has 0 bridgehead atoms. The van der Waals surface area contributed by atoms with Crippen LogP contribution in [0.5, 0.6) is 0 Å². The average molecular weight is 318 g/mol. The van der Waals surface area contributed by atoms with Crippen molar-refractivity contribution in [3.05, 3.63) is 30.4 Å². The Hall–Kier alpha value is -1.80. The lowest BCUT2D eigenvalue weighted by Crippen LogP contribution is -2.01. The van der Waals surface area contributed by atoms with Gasteiger partial charge in [-0.25, -0.2) is 4.98 Å². The first kappa shape index (κ1) is 14.2. The highest BCUT2D eigenvalue weighted by Crippen LogP contribution is 2.30. The average Bonchev–Trinajstić information content (AvgIpc) is 3.08. The van der Waals surface area contributed by atoms with Gasteiger partial charge in [0.05, 0.1) is 0 Å².